The topological polar surface area (TPSA) is 33.6 Å². The van der Waals surface area contributed by atoms with Gasteiger partial charge in [-0.15, -0.1) is 0 Å². The molecule has 1 unspecified atom stereocenters. The highest BCUT2D eigenvalue weighted by atomic mass is 32.2. The minimum atomic E-state index is 0.426. The molecule has 0 saturated heterocycles. The number of thioether (sulfide) groups is 1. The van der Waals surface area contributed by atoms with Crippen LogP contribution in [0.4, 0.5) is 5.69 Å². The summed E-state index contributed by atoms with van der Waals surface area (Å²) in [5, 5.41) is 4.33. The molecule has 0 fully saturated rings. The third kappa shape index (κ3) is 3.66. The number of amidine groups is 1. The number of rotatable bonds is 4. The van der Waals surface area contributed by atoms with Gasteiger partial charge in [-0.05, 0) is 37.6 Å². The molecule has 2 rings (SSSR count). The highest BCUT2D eigenvalue weighted by Gasteiger charge is 2.13. The maximum Gasteiger partial charge on any atom is 0.161 e. The van der Waals surface area contributed by atoms with Crippen molar-refractivity contribution in [2.75, 3.05) is 17.7 Å². The molecular formula is C13H18N2OS. The molecule has 0 spiro atoms. The highest BCUT2D eigenvalue weighted by Crippen LogP contribution is 2.21. The lowest BCUT2D eigenvalue weighted by atomic mass is 10.3. The number of anilines is 1. The number of hydrogen-bond donors (Lipinski definition) is 1. The minimum Gasteiger partial charge on any atom is -0.494 e. The summed E-state index contributed by atoms with van der Waals surface area (Å²) in [6, 6.07) is 8.45. The number of hydrogen-bond acceptors (Lipinski definition) is 4. The van der Waals surface area contributed by atoms with Crippen LogP contribution in [0, 0.1) is 0 Å². The van der Waals surface area contributed by atoms with Crippen LogP contribution >= 0.6 is 11.8 Å². The molecule has 1 aromatic carbocycles. The largest absolute Gasteiger partial charge is 0.494 e. The second-order valence-corrected chi connectivity index (χ2v) is 5.10. The van der Waals surface area contributed by atoms with E-state index in [1.54, 1.807) is 11.8 Å². The molecule has 0 amide bonds. The summed E-state index contributed by atoms with van der Waals surface area (Å²) in [6.07, 6.45) is 1.03. The van der Waals surface area contributed by atoms with E-state index >= 15 is 0 Å². The molecule has 4 heteroatoms. The van der Waals surface area contributed by atoms with E-state index in [0.29, 0.717) is 6.04 Å². The van der Waals surface area contributed by atoms with Crippen molar-refractivity contribution in [3.05, 3.63) is 24.3 Å². The number of ether oxygens (including phenoxy) is 1. The molecule has 0 saturated carbocycles. The number of aliphatic imine (C=N–C) groups is 1. The van der Waals surface area contributed by atoms with Crippen LogP contribution in [-0.2, 0) is 0 Å². The van der Waals surface area contributed by atoms with Crippen LogP contribution < -0.4 is 10.1 Å². The van der Waals surface area contributed by atoms with E-state index in [1.165, 1.54) is 0 Å². The summed E-state index contributed by atoms with van der Waals surface area (Å²) < 4.78 is 5.53. The van der Waals surface area contributed by atoms with Crippen LogP contribution in [0.3, 0.4) is 0 Å². The quantitative estimate of drug-likeness (QED) is 0.889. The van der Waals surface area contributed by atoms with Crippen molar-refractivity contribution in [3.63, 3.8) is 0 Å². The predicted octanol–water partition coefficient (Wildman–Crippen LogP) is 3.38. The Morgan fingerprint density at radius 3 is 2.76 bits per heavy atom. The fourth-order valence-corrected chi connectivity index (χ4v) is 2.44. The first kappa shape index (κ1) is 12.3. The molecule has 1 aliphatic heterocycles. The van der Waals surface area contributed by atoms with Crippen LogP contribution in [0.15, 0.2) is 29.3 Å². The molecule has 0 aliphatic carbocycles. The number of benzene rings is 1. The maximum atomic E-state index is 5.53. The zero-order valence-corrected chi connectivity index (χ0v) is 11.1. The lowest BCUT2D eigenvalue weighted by Gasteiger charge is -2.07. The Labute approximate surface area is 107 Å². The first-order chi connectivity index (χ1) is 8.28. The Kier molecular flexibility index (Phi) is 4.31. The fourth-order valence-electron chi connectivity index (χ4n) is 1.52. The monoisotopic (exact) mass is 250 g/mol. The van der Waals surface area contributed by atoms with Gasteiger partial charge >= 0.3 is 0 Å². The zero-order valence-electron chi connectivity index (χ0n) is 10.3. The van der Waals surface area contributed by atoms with Crippen molar-refractivity contribution in [2.45, 2.75) is 26.3 Å². The summed E-state index contributed by atoms with van der Waals surface area (Å²) in [5.74, 6) is 1.99. The molecule has 0 aromatic heterocycles. The third-order valence-electron chi connectivity index (χ3n) is 2.38. The summed E-state index contributed by atoms with van der Waals surface area (Å²) in [4.78, 5) is 4.49. The summed E-state index contributed by atoms with van der Waals surface area (Å²) in [7, 11) is 0. The van der Waals surface area contributed by atoms with Gasteiger partial charge < -0.3 is 10.1 Å². The molecule has 1 N–H and O–H groups in total. The molecule has 1 aromatic rings. The van der Waals surface area contributed by atoms with Crippen molar-refractivity contribution in [1.82, 2.24) is 0 Å². The SMILES string of the molecule is CCCOc1ccc(NC2=NC(C)CS2)cc1. The van der Waals surface area contributed by atoms with Gasteiger partial charge in [-0.3, -0.25) is 4.99 Å². The standard InChI is InChI=1S/C13H18N2OS/c1-3-8-16-12-6-4-11(5-7-12)15-13-14-10(2)9-17-13/h4-7,10H,3,8-9H2,1-2H3,(H,14,15). The van der Waals surface area contributed by atoms with Crippen LogP contribution in [0.25, 0.3) is 0 Å². The third-order valence-corrected chi connectivity index (χ3v) is 3.51. The Bertz CT molecular complexity index is 389. The molecule has 17 heavy (non-hydrogen) atoms. The Hall–Kier alpha value is -1.16. The lowest BCUT2D eigenvalue weighted by molar-refractivity contribution is 0.317. The van der Waals surface area contributed by atoms with Crippen LogP contribution in [-0.4, -0.2) is 23.6 Å². The van der Waals surface area contributed by atoms with E-state index in [1.807, 2.05) is 24.3 Å². The first-order valence-electron chi connectivity index (χ1n) is 5.98. The van der Waals surface area contributed by atoms with Gasteiger partial charge in [-0.2, -0.15) is 0 Å². The van der Waals surface area contributed by atoms with Crippen LogP contribution in [0.1, 0.15) is 20.3 Å². The summed E-state index contributed by atoms with van der Waals surface area (Å²) in [6.45, 7) is 5.00. The first-order valence-corrected chi connectivity index (χ1v) is 6.97. The minimum absolute atomic E-state index is 0.426. The molecular weight excluding hydrogens is 232 g/mol. The summed E-state index contributed by atoms with van der Waals surface area (Å²) in [5.41, 5.74) is 1.06. The molecule has 0 radical (unpaired) electrons. The lowest BCUT2D eigenvalue weighted by Crippen LogP contribution is -2.04. The van der Waals surface area contributed by atoms with Gasteiger partial charge in [-0.25, -0.2) is 0 Å². The molecule has 92 valence electrons. The Morgan fingerprint density at radius 2 is 2.18 bits per heavy atom. The van der Waals surface area contributed by atoms with Gasteiger partial charge in [0.15, 0.2) is 5.17 Å². The van der Waals surface area contributed by atoms with Crippen molar-refractivity contribution >= 4 is 22.6 Å². The predicted molar refractivity (Wildman–Crippen MR) is 75.2 cm³/mol. The second kappa shape index (κ2) is 5.96. The molecule has 3 nitrogen and oxygen atoms in total. The smallest absolute Gasteiger partial charge is 0.161 e. The van der Waals surface area contributed by atoms with Gasteiger partial charge in [0, 0.05) is 11.4 Å². The van der Waals surface area contributed by atoms with Gasteiger partial charge in [-0.1, -0.05) is 18.7 Å². The molecule has 0 bridgehead atoms. The van der Waals surface area contributed by atoms with Gasteiger partial charge in [0.2, 0.25) is 0 Å². The van der Waals surface area contributed by atoms with Gasteiger partial charge in [0.25, 0.3) is 0 Å². The van der Waals surface area contributed by atoms with Gasteiger partial charge in [0.05, 0.1) is 12.6 Å². The van der Waals surface area contributed by atoms with E-state index in [-0.39, 0.29) is 0 Å². The van der Waals surface area contributed by atoms with E-state index in [0.717, 1.165) is 35.4 Å². The van der Waals surface area contributed by atoms with Gasteiger partial charge in [0.1, 0.15) is 5.75 Å². The molecule has 1 aliphatic rings. The Balaban J connectivity index is 1.91. The zero-order chi connectivity index (χ0) is 12.1. The van der Waals surface area contributed by atoms with E-state index in [9.17, 15) is 0 Å². The van der Waals surface area contributed by atoms with E-state index in [4.69, 9.17) is 4.74 Å². The maximum absolute atomic E-state index is 5.53. The molecule has 1 atom stereocenters. The van der Waals surface area contributed by atoms with E-state index in [2.05, 4.69) is 24.2 Å². The average molecular weight is 250 g/mol. The molecule has 1 heterocycles. The van der Waals surface area contributed by atoms with Crippen molar-refractivity contribution in [1.29, 1.82) is 0 Å². The second-order valence-electron chi connectivity index (χ2n) is 4.09. The Morgan fingerprint density at radius 1 is 1.41 bits per heavy atom. The fraction of sp³-hybridized carbons (Fsp3) is 0.462. The van der Waals surface area contributed by atoms with Crippen LogP contribution in [0.5, 0.6) is 5.75 Å². The van der Waals surface area contributed by atoms with Crippen molar-refractivity contribution in [3.8, 4) is 5.75 Å². The van der Waals surface area contributed by atoms with Crippen molar-refractivity contribution in [2.24, 2.45) is 4.99 Å². The van der Waals surface area contributed by atoms with Crippen LogP contribution in [0.2, 0.25) is 0 Å². The highest BCUT2D eigenvalue weighted by molar-refractivity contribution is 8.14. The van der Waals surface area contributed by atoms with Crippen molar-refractivity contribution < 1.29 is 4.74 Å². The average Bonchev–Trinajstić information content (AvgIpc) is 2.74. The normalized spacial score (nSPS) is 18.9. The van der Waals surface area contributed by atoms with E-state index < -0.39 is 0 Å². The summed E-state index contributed by atoms with van der Waals surface area (Å²) >= 11 is 1.77. The number of nitrogens with zero attached hydrogens (tertiary/aromatic N) is 1. The number of nitrogens with one attached hydrogen (secondary N) is 1.